The number of benzene rings is 1. The van der Waals surface area contributed by atoms with Crippen LogP contribution >= 0.6 is 0 Å². The van der Waals surface area contributed by atoms with E-state index in [1.807, 2.05) is 30.3 Å². The fourth-order valence-corrected chi connectivity index (χ4v) is 1.57. The van der Waals surface area contributed by atoms with Gasteiger partial charge < -0.3 is 14.8 Å². The second-order valence-corrected chi connectivity index (χ2v) is 4.06. The lowest BCUT2D eigenvalue weighted by molar-refractivity contribution is -0.142. The molecule has 0 fully saturated rings. The number of nitrogens with zero attached hydrogens (tertiary/aromatic N) is 1. The molecule has 0 radical (unpaired) electrons. The fourth-order valence-electron chi connectivity index (χ4n) is 1.57. The molecule has 2 rings (SSSR count). The standard InChI is InChI=1S/C15H16N2O3/c1-19-15(18)11-20-14-7-5-12(6-8-14)17-10-13-4-2-3-9-16-13/h2-9,17H,10-11H2,1H3. The zero-order chi connectivity index (χ0) is 14.2. The van der Waals surface area contributed by atoms with Gasteiger partial charge in [-0.2, -0.15) is 0 Å². The zero-order valence-electron chi connectivity index (χ0n) is 11.2. The smallest absolute Gasteiger partial charge is 0.343 e. The van der Waals surface area contributed by atoms with Gasteiger partial charge in [0.1, 0.15) is 5.75 Å². The third-order valence-electron chi connectivity index (χ3n) is 2.64. The number of pyridine rings is 1. The average Bonchev–Trinajstić information content (AvgIpc) is 2.52. The summed E-state index contributed by atoms with van der Waals surface area (Å²) < 4.78 is 9.76. The number of hydrogen-bond donors (Lipinski definition) is 1. The second-order valence-electron chi connectivity index (χ2n) is 4.06. The molecule has 0 spiro atoms. The first-order valence-corrected chi connectivity index (χ1v) is 6.21. The monoisotopic (exact) mass is 272 g/mol. The topological polar surface area (TPSA) is 60.5 Å². The van der Waals surface area contributed by atoms with Crippen molar-refractivity contribution in [3.05, 3.63) is 54.4 Å². The first-order valence-electron chi connectivity index (χ1n) is 6.21. The predicted molar refractivity (Wildman–Crippen MR) is 75.5 cm³/mol. The Kier molecular flexibility index (Phi) is 4.94. The minimum absolute atomic E-state index is 0.0861. The van der Waals surface area contributed by atoms with Crippen molar-refractivity contribution < 1.29 is 14.3 Å². The van der Waals surface area contributed by atoms with Gasteiger partial charge in [-0.3, -0.25) is 4.98 Å². The molecule has 1 aromatic heterocycles. The Morgan fingerprint density at radius 1 is 1.20 bits per heavy atom. The van der Waals surface area contributed by atoms with E-state index in [9.17, 15) is 4.79 Å². The van der Waals surface area contributed by atoms with Crippen LogP contribution in [-0.4, -0.2) is 24.7 Å². The van der Waals surface area contributed by atoms with Crippen molar-refractivity contribution in [2.45, 2.75) is 6.54 Å². The highest BCUT2D eigenvalue weighted by atomic mass is 16.6. The third-order valence-corrected chi connectivity index (χ3v) is 2.64. The summed E-state index contributed by atoms with van der Waals surface area (Å²) in [4.78, 5) is 15.2. The van der Waals surface area contributed by atoms with E-state index in [-0.39, 0.29) is 6.61 Å². The maximum atomic E-state index is 10.9. The number of esters is 1. The van der Waals surface area contributed by atoms with Gasteiger partial charge in [-0.15, -0.1) is 0 Å². The molecule has 1 N–H and O–H groups in total. The normalized spacial score (nSPS) is 9.85. The van der Waals surface area contributed by atoms with Crippen molar-refractivity contribution in [2.24, 2.45) is 0 Å². The lowest BCUT2D eigenvalue weighted by Gasteiger charge is -2.08. The molecule has 5 heteroatoms. The van der Waals surface area contributed by atoms with Crippen LogP contribution in [0.1, 0.15) is 5.69 Å². The number of methoxy groups -OCH3 is 1. The minimum Gasteiger partial charge on any atom is -0.482 e. The number of carbonyl (C=O) groups excluding carboxylic acids is 1. The van der Waals surface area contributed by atoms with Gasteiger partial charge in [0.25, 0.3) is 0 Å². The van der Waals surface area contributed by atoms with E-state index in [0.717, 1.165) is 11.4 Å². The summed E-state index contributed by atoms with van der Waals surface area (Å²) in [6.07, 6.45) is 1.76. The summed E-state index contributed by atoms with van der Waals surface area (Å²) in [5, 5.41) is 3.25. The van der Waals surface area contributed by atoms with Gasteiger partial charge in [-0.05, 0) is 36.4 Å². The van der Waals surface area contributed by atoms with Crippen LogP contribution in [0.4, 0.5) is 5.69 Å². The van der Waals surface area contributed by atoms with Crippen LogP contribution in [0.15, 0.2) is 48.7 Å². The molecule has 0 unspecified atom stereocenters. The molecule has 0 amide bonds. The van der Waals surface area contributed by atoms with Crippen LogP contribution in [0, 0.1) is 0 Å². The maximum Gasteiger partial charge on any atom is 0.343 e. The lowest BCUT2D eigenvalue weighted by atomic mass is 10.3. The highest BCUT2D eigenvalue weighted by molar-refractivity contribution is 5.70. The number of hydrogen-bond acceptors (Lipinski definition) is 5. The molecule has 0 atom stereocenters. The van der Waals surface area contributed by atoms with E-state index in [1.165, 1.54) is 7.11 Å². The summed E-state index contributed by atoms with van der Waals surface area (Å²) in [7, 11) is 1.33. The average molecular weight is 272 g/mol. The van der Waals surface area contributed by atoms with Crippen LogP contribution in [0.3, 0.4) is 0 Å². The molecule has 0 aliphatic carbocycles. The Morgan fingerprint density at radius 3 is 2.65 bits per heavy atom. The zero-order valence-corrected chi connectivity index (χ0v) is 11.2. The highest BCUT2D eigenvalue weighted by Gasteiger charge is 2.01. The number of aromatic nitrogens is 1. The molecule has 1 heterocycles. The van der Waals surface area contributed by atoms with Crippen LogP contribution in [0.25, 0.3) is 0 Å². The first kappa shape index (κ1) is 13.9. The largest absolute Gasteiger partial charge is 0.482 e. The van der Waals surface area contributed by atoms with E-state index in [4.69, 9.17) is 4.74 Å². The first-order chi connectivity index (χ1) is 9.78. The van der Waals surface area contributed by atoms with E-state index >= 15 is 0 Å². The summed E-state index contributed by atoms with van der Waals surface area (Å²) in [5.74, 6) is 0.223. The van der Waals surface area contributed by atoms with E-state index in [2.05, 4.69) is 15.0 Å². The Bertz CT molecular complexity index is 541. The van der Waals surface area contributed by atoms with Crippen molar-refractivity contribution in [3.8, 4) is 5.75 Å². The summed E-state index contributed by atoms with van der Waals surface area (Å²) >= 11 is 0. The highest BCUT2D eigenvalue weighted by Crippen LogP contribution is 2.16. The van der Waals surface area contributed by atoms with Gasteiger partial charge in [-0.1, -0.05) is 6.07 Å². The van der Waals surface area contributed by atoms with E-state index in [1.54, 1.807) is 18.3 Å². The Labute approximate surface area is 117 Å². The molecule has 0 bridgehead atoms. The van der Waals surface area contributed by atoms with Gasteiger partial charge in [0.15, 0.2) is 6.61 Å². The van der Waals surface area contributed by atoms with Gasteiger partial charge in [-0.25, -0.2) is 4.79 Å². The van der Waals surface area contributed by atoms with E-state index in [0.29, 0.717) is 12.3 Å². The van der Waals surface area contributed by atoms with Crippen molar-refractivity contribution in [2.75, 3.05) is 19.0 Å². The van der Waals surface area contributed by atoms with Gasteiger partial charge >= 0.3 is 5.97 Å². The number of nitrogens with one attached hydrogen (secondary N) is 1. The van der Waals surface area contributed by atoms with Gasteiger partial charge in [0, 0.05) is 11.9 Å². The van der Waals surface area contributed by atoms with Crippen molar-refractivity contribution in [3.63, 3.8) is 0 Å². The van der Waals surface area contributed by atoms with Crippen LogP contribution in [0.2, 0.25) is 0 Å². The molecule has 0 aliphatic rings. The number of ether oxygens (including phenoxy) is 2. The number of carbonyl (C=O) groups is 1. The SMILES string of the molecule is COC(=O)COc1ccc(NCc2ccccn2)cc1. The Morgan fingerprint density at radius 2 is 2.00 bits per heavy atom. The molecule has 0 saturated carbocycles. The Balaban J connectivity index is 1.84. The fraction of sp³-hybridized carbons (Fsp3) is 0.200. The van der Waals surface area contributed by atoms with Gasteiger partial charge in [0.2, 0.25) is 0 Å². The lowest BCUT2D eigenvalue weighted by Crippen LogP contribution is -2.12. The predicted octanol–water partition coefficient (Wildman–Crippen LogP) is 2.25. The molecule has 1 aromatic carbocycles. The summed E-state index contributed by atoms with van der Waals surface area (Å²) in [5.41, 5.74) is 1.93. The molecule has 104 valence electrons. The van der Waals surface area contributed by atoms with Crippen LogP contribution in [-0.2, 0) is 16.1 Å². The molecule has 20 heavy (non-hydrogen) atoms. The van der Waals surface area contributed by atoms with Crippen molar-refractivity contribution >= 4 is 11.7 Å². The Hall–Kier alpha value is -2.56. The molecule has 0 aliphatic heterocycles. The van der Waals surface area contributed by atoms with Crippen molar-refractivity contribution in [1.82, 2.24) is 4.98 Å². The number of anilines is 1. The van der Waals surface area contributed by atoms with Gasteiger partial charge in [0.05, 0.1) is 19.3 Å². The second kappa shape index (κ2) is 7.13. The number of rotatable bonds is 6. The summed E-state index contributed by atoms with van der Waals surface area (Å²) in [6, 6.07) is 13.2. The van der Waals surface area contributed by atoms with Crippen LogP contribution in [0.5, 0.6) is 5.75 Å². The van der Waals surface area contributed by atoms with Crippen molar-refractivity contribution in [1.29, 1.82) is 0 Å². The quantitative estimate of drug-likeness (QED) is 0.817. The maximum absolute atomic E-state index is 10.9. The molecule has 2 aromatic rings. The molecular formula is C15H16N2O3. The minimum atomic E-state index is -0.401. The molecule has 5 nitrogen and oxygen atoms in total. The van der Waals surface area contributed by atoms with E-state index < -0.39 is 5.97 Å². The third kappa shape index (κ3) is 4.28. The summed E-state index contributed by atoms with van der Waals surface area (Å²) in [6.45, 7) is 0.570. The molecule has 0 saturated heterocycles. The van der Waals surface area contributed by atoms with Crippen LogP contribution < -0.4 is 10.1 Å². The molecular weight excluding hydrogens is 256 g/mol.